The van der Waals surface area contributed by atoms with E-state index in [0.717, 1.165) is 29.4 Å². The highest BCUT2D eigenvalue weighted by molar-refractivity contribution is 7.80. The smallest absolute Gasteiger partial charge is 0.327 e. The maximum absolute atomic E-state index is 13.4. The second-order valence-electron chi connectivity index (χ2n) is 9.09. The van der Waals surface area contributed by atoms with E-state index in [4.69, 9.17) is 0 Å². The topological polar surface area (TPSA) is 152 Å². The number of rotatable bonds is 11. The molecule has 0 spiro atoms. The Morgan fingerprint density at radius 3 is 2.46 bits per heavy atom. The van der Waals surface area contributed by atoms with Crippen molar-refractivity contribution in [2.75, 3.05) is 12.3 Å². The molecule has 0 bridgehead atoms. The summed E-state index contributed by atoms with van der Waals surface area (Å²) in [6.07, 6.45) is 3.59. The number of benzene rings is 1. The molecule has 11 heteroatoms. The van der Waals surface area contributed by atoms with Gasteiger partial charge in [-0.25, -0.2) is 4.79 Å². The number of aliphatic carboxylic acids is 1. The second-order valence-corrected chi connectivity index (χ2v) is 9.45. The Bertz CT molecular complexity index is 1070. The predicted molar refractivity (Wildman–Crippen MR) is 135 cm³/mol. The fourth-order valence-corrected chi connectivity index (χ4v) is 4.39. The van der Waals surface area contributed by atoms with Crippen LogP contribution in [-0.4, -0.2) is 70.2 Å². The summed E-state index contributed by atoms with van der Waals surface area (Å²) in [5.74, 6) is -3.04. The number of H-pyrrole nitrogens is 1. The SMILES string of the molecule is CC(C)C(NC(=O)C(Cc1c[nH]c2ccccc12)NC(=O)C1CCCN1)C(=O)NC(CS)C(=O)O. The van der Waals surface area contributed by atoms with E-state index in [1.54, 1.807) is 13.8 Å². The number of carbonyl (C=O) groups is 4. The molecule has 1 saturated heterocycles. The molecule has 1 fully saturated rings. The first-order valence-corrected chi connectivity index (χ1v) is 12.4. The number of amides is 3. The average Bonchev–Trinajstić information content (AvgIpc) is 3.50. The van der Waals surface area contributed by atoms with Crippen LogP contribution < -0.4 is 21.3 Å². The molecular formula is C24H33N5O5S. The lowest BCUT2D eigenvalue weighted by atomic mass is 10.00. The van der Waals surface area contributed by atoms with E-state index in [0.29, 0.717) is 6.42 Å². The highest BCUT2D eigenvalue weighted by Gasteiger charge is 2.33. The number of hydrogen-bond acceptors (Lipinski definition) is 6. The molecule has 10 nitrogen and oxygen atoms in total. The van der Waals surface area contributed by atoms with E-state index in [9.17, 15) is 24.3 Å². The lowest BCUT2D eigenvalue weighted by Crippen LogP contribution is -2.59. The third-order valence-electron chi connectivity index (χ3n) is 6.15. The monoisotopic (exact) mass is 503 g/mol. The number of nitrogens with one attached hydrogen (secondary N) is 5. The minimum absolute atomic E-state index is 0.0898. The number of hydrogen-bond donors (Lipinski definition) is 7. The van der Waals surface area contributed by atoms with Crippen LogP contribution in [0.4, 0.5) is 0 Å². The van der Waals surface area contributed by atoms with Crippen molar-refractivity contribution in [3.8, 4) is 0 Å². The first-order valence-electron chi connectivity index (χ1n) is 11.7. The zero-order chi connectivity index (χ0) is 25.5. The van der Waals surface area contributed by atoms with Crippen LogP contribution in [0.5, 0.6) is 0 Å². The molecule has 6 N–H and O–H groups in total. The Balaban J connectivity index is 1.80. The van der Waals surface area contributed by atoms with Gasteiger partial charge in [0.2, 0.25) is 17.7 Å². The van der Waals surface area contributed by atoms with E-state index in [-0.39, 0.29) is 30.0 Å². The van der Waals surface area contributed by atoms with Crippen LogP contribution in [-0.2, 0) is 25.6 Å². The Hall–Kier alpha value is -3.05. The quantitative estimate of drug-likeness (QED) is 0.223. The largest absolute Gasteiger partial charge is 0.480 e. The van der Waals surface area contributed by atoms with Gasteiger partial charge in [-0.1, -0.05) is 32.0 Å². The van der Waals surface area contributed by atoms with Crippen LogP contribution >= 0.6 is 12.6 Å². The lowest BCUT2D eigenvalue weighted by Gasteiger charge is -2.27. The number of carboxylic acids is 1. The Morgan fingerprint density at radius 2 is 1.83 bits per heavy atom. The van der Waals surface area contributed by atoms with Crippen molar-refractivity contribution < 1.29 is 24.3 Å². The molecule has 35 heavy (non-hydrogen) atoms. The number of para-hydroxylation sites is 1. The fourth-order valence-electron chi connectivity index (χ4n) is 4.15. The summed E-state index contributed by atoms with van der Waals surface area (Å²) in [5.41, 5.74) is 1.77. The number of fused-ring (bicyclic) bond motifs is 1. The van der Waals surface area contributed by atoms with Gasteiger partial charge in [0.15, 0.2) is 0 Å². The van der Waals surface area contributed by atoms with Gasteiger partial charge in [0.1, 0.15) is 18.1 Å². The highest BCUT2D eigenvalue weighted by Crippen LogP contribution is 2.19. The molecule has 2 aromatic rings. The summed E-state index contributed by atoms with van der Waals surface area (Å²) in [6.45, 7) is 4.23. The molecule has 0 saturated carbocycles. The van der Waals surface area contributed by atoms with E-state index >= 15 is 0 Å². The van der Waals surface area contributed by atoms with Crippen LogP contribution in [0.1, 0.15) is 32.3 Å². The maximum Gasteiger partial charge on any atom is 0.327 e. The molecular weight excluding hydrogens is 470 g/mol. The van der Waals surface area contributed by atoms with Gasteiger partial charge in [0.25, 0.3) is 0 Å². The molecule has 3 rings (SSSR count). The van der Waals surface area contributed by atoms with Crippen molar-refractivity contribution in [1.29, 1.82) is 0 Å². The normalized spacial score (nSPS) is 18.1. The minimum atomic E-state index is -1.21. The van der Waals surface area contributed by atoms with Crippen molar-refractivity contribution in [2.45, 2.75) is 57.3 Å². The Morgan fingerprint density at radius 1 is 1.09 bits per heavy atom. The minimum Gasteiger partial charge on any atom is -0.480 e. The summed E-state index contributed by atoms with van der Waals surface area (Å²) in [6, 6.07) is 4.19. The third-order valence-corrected chi connectivity index (χ3v) is 6.52. The fraction of sp³-hybridized carbons (Fsp3) is 0.500. The van der Waals surface area contributed by atoms with Gasteiger partial charge in [0, 0.05) is 29.3 Å². The number of carbonyl (C=O) groups excluding carboxylic acids is 3. The Kier molecular flexibility index (Phi) is 9.16. The summed E-state index contributed by atoms with van der Waals surface area (Å²) in [7, 11) is 0. The number of aromatic nitrogens is 1. The maximum atomic E-state index is 13.4. The molecule has 1 aromatic carbocycles. The second kappa shape index (κ2) is 12.1. The molecule has 0 radical (unpaired) electrons. The number of carboxylic acid groups (broad SMARTS) is 1. The molecule has 4 unspecified atom stereocenters. The van der Waals surface area contributed by atoms with Crippen molar-refractivity contribution in [1.82, 2.24) is 26.3 Å². The molecule has 0 aliphatic carbocycles. The van der Waals surface area contributed by atoms with Crippen molar-refractivity contribution in [3.63, 3.8) is 0 Å². The van der Waals surface area contributed by atoms with Gasteiger partial charge < -0.3 is 31.4 Å². The lowest BCUT2D eigenvalue weighted by molar-refractivity contribution is -0.142. The Labute approximate surface area is 209 Å². The van der Waals surface area contributed by atoms with Crippen molar-refractivity contribution in [2.24, 2.45) is 5.92 Å². The predicted octanol–water partition coefficient (Wildman–Crippen LogP) is 0.587. The summed E-state index contributed by atoms with van der Waals surface area (Å²) >= 11 is 3.97. The molecule has 3 amide bonds. The van der Waals surface area contributed by atoms with Crippen molar-refractivity contribution in [3.05, 3.63) is 36.0 Å². The first-order chi connectivity index (χ1) is 16.7. The summed E-state index contributed by atoms with van der Waals surface area (Å²) < 4.78 is 0. The van der Waals surface area contributed by atoms with E-state index in [1.807, 2.05) is 30.5 Å². The van der Waals surface area contributed by atoms with Crippen LogP contribution in [0.3, 0.4) is 0 Å². The number of aromatic amines is 1. The van der Waals surface area contributed by atoms with E-state index in [2.05, 4.69) is 38.9 Å². The first kappa shape index (κ1) is 26.6. The van der Waals surface area contributed by atoms with E-state index in [1.165, 1.54) is 0 Å². The zero-order valence-corrected chi connectivity index (χ0v) is 20.7. The van der Waals surface area contributed by atoms with Crippen LogP contribution in [0.2, 0.25) is 0 Å². The number of thiol groups is 1. The van der Waals surface area contributed by atoms with Gasteiger partial charge in [-0.3, -0.25) is 14.4 Å². The van der Waals surface area contributed by atoms with Crippen molar-refractivity contribution >= 4 is 47.2 Å². The standard InChI is InChI=1S/C24H33N5O5S/c1-13(2)20(23(32)28-19(12-35)24(33)34)29-22(31)18(27-21(30)17-8-5-9-25-17)10-14-11-26-16-7-4-3-6-15(14)16/h3-4,6-7,11,13,17-20,25-26,35H,5,8-10,12H2,1-2H3,(H,27,30)(H,28,32)(H,29,31)(H,33,34). The zero-order valence-electron chi connectivity index (χ0n) is 19.8. The van der Waals surface area contributed by atoms with Gasteiger partial charge in [-0.05, 0) is 36.9 Å². The molecule has 1 aliphatic heterocycles. The molecule has 190 valence electrons. The van der Waals surface area contributed by atoms with E-state index < -0.39 is 35.9 Å². The molecule has 4 atom stereocenters. The van der Waals surface area contributed by atoms with Gasteiger partial charge in [0.05, 0.1) is 6.04 Å². The molecule has 2 heterocycles. The van der Waals surface area contributed by atoms with Crippen LogP contribution in [0.15, 0.2) is 30.5 Å². The molecule has 1 aliphatic rings. The van der Waals surface area contributed by atoms with Crippen LogP contribution in [0, 0.1) is 5.92 Å². The van der Waals surface area contributed by atoms with Crippen LogP contribution in [0.25, 0.3) is 10.9 Å². The van der Waals surface area contributed by atoms with Gasteiger partial charge >= 0.3 is 5.97 Å². The summed E-state index contributed by atoms with van der Waals surface area (Å²) in [5, 5.41) is 21.3. The average molecular weight is 504 g/mol. The molecule has 1 aromatic heterocycles. The highest BCUT2D eigenvalue weighted by atomic mass is 32.1. The van der Waals surface area contributed by atoms with Gasteiger partial charge in [-0.2, -0.15) is 12.6 Å². The third kappa shape index (κ3) is 6.76. The van der Waals surface area contributed by atoms with Gasteiger partial charge in [-0.15, -0.1) is 0 Å². The summed E-state index contributed by atoms with van der Waals surface area (Å²) in [4.78, 5) is 53.5.